The van der Waals surface area contributed by atoms with E-state index < -0.39 is 5.60 Å². The third-order valence-electron chi connectivity index (χ3n) is 7.39. The van der Waals surface area contributed by atoms with Crippen molar-refractivity contribution in [2.24, 2.45) is 21.1 Å². The average molecular weight is 558 g/mol. The van der Waals surface area contributed by atoms with Gasteiger partial charge >= 0.3 is 6.09 Å². The van der Waals surface area contributed by atoms with Gasteiger partial charge in [0.05, 0.1) is 17.5 Å². The van der Waals surface area contributed by atoms with Crippen LogP contribution in [0.2, 0.25) is 0 Å². The molecule has 1 aromatic carbocycles. The van der Waals surface area contributed by atoms with E-state index in [-0.39, 0.29) is 23.7 Å². The Morgan fingerprint density at radius 1 is 1.26 bits per heavy atom. The highest BCUT2D eigenvalue weighted by molar-refractivity contribution is 7.98. The number of carbonyl (C=O) groups is 1. The molecule has 3 rings (SSSR count). The molecular formula is C30H47N5O3S. The molecule has 216 valence electrons. The van der Waals surface area contributed by atoms with Gasteiger partial charge in [-0.15, -0.1) is 0 Å². The second-order valence-corrected chi connectivity index (χ2v) is 13.1. The SMILES string of the molecule is C=NC1=C(C(N)=NC)C(C)(C)Cc2c1ccc(OC1CCC(NC(=O)OC(C)(C)C)CC1)c2N(C)CCSC. The van der Waals surface area contributed by atoms with Crippen molar-refractivity contribution in [2.45, 2.75) is 84.5 Å². The number of ether oxygens (including phenoxy) is 2. The Hall–Kier alpha value is -2.68. The number of rotatable bonds is 9. The van der Waals surface area contributed by atoms with E-state index in [2.05, 4.69) is 66.2 Å². The second kappa shape index (κ2) is 12.7. The molecule has 0 radical (unpaired) electrons. The molecule has 0 aliphatic heterocycles. The van der Waals surface area contributed by atoms with Crippen molar-refractivity contribution in [1.82, 2.24) is 5.32 Å². The highest BCUT2D eigenvalue weighted by Gasteiger charge is 2.38. The van der Waals surface area contributed by atoms with Crippen LogP contribution in [0.3, 0.4) is 0 Å². The summed E-state index contributed by atoms with van der Waals surface area (Å²) in [7, 11) is 3.85. The van der Waals surface area contributed by atoms with Gasteiger partial charge in [0.25, 0.3) is 0 Å². The number of amidine groups is 1. The number of hydrogen-bond acceptors (Lipinski definition) is 7. The van der Waals surface area contributed by atoms with Crippen LogP contribution in [-0.2, 0) is 11.2 Å². The first-order chi connectivity index (χ1) is 18.3. The van der Waals surface area contributed by atoms with Gasteiger partial charge in [0.15, 0.2) is 0 Å². The van der Waals surface area contributed by atoms with Gasteiger partial charge in [-0.3, -0.25) is 9.98 Å². The summed E-state index contributed by atoms with van der Waals surface area (Å²) >= 11 is 1.83. The van der Waals surface area contributed by atoms with Crippen LogP contribution in [0.4, 0.5) is 10.5 Å². The summed E-state index contributed by atoms with van der Waals surface area (Å²) in [5.41, 5.74) is 10.7. The van der Waals surface area contributed by atoms with Crippen LogP contribution in [0.1, 0.15) is 71.4 Å². The molecule has 0 bridgehead atoms. The minimum Gasteiger partial charge on any atom is -0.488 e. The van der Waals surface area contributed by atoms with Crippen LogP contribution in [0.15, 0.2) is 27.7 Å². The van der Waals surface area contributed by atoms with Gasteiger partial charge in [0.1, 0.15) is 17.2 Å². The molecular weight excluding hydrogens is 510 g/mol. The number of fused-ring (bicyclic) bond motifs is 1. The number of aliphatic imine (C=N–C) groups is 2. The van der Waals surface area contributed by atoms with Crippen molar-refractivity contribution in [3.63, 3.8) is 0 Å². The Labute approximate surface area is 238 Å². The van der Waals surface area contributed by atoms with Crippen molar-refractivity contribution < 1.29 is 14.3 Å². The zero-order valence-electron chi connectivity index (χ0n) is 25.0. The molecule has 3 N–H and O–H groups in total. The predicted octanol–water partition coefficient (Wildman–Crippen LogP) is 5.68. The number of nitrogens with zero attached hydrogens (tertiary/aromatic N) is 3. The quantitative estimate of drug-likeness (QED) is 0.299. The fourth-order valence-electron chi connectivity index (χ4n) is 5.58. The molecule has 0 unspecified atom stereocenters. The lowest BCUT2D eigenvalue weighted by molar-refractivity contribution is 0.0471. The zero-order chi connectivity index (χ0) is 29.0. The predicted molar refractivity (Wildman–Crippen MR) is 166 cm³/mol. The minimum atomic E-state index is -0.504. The lowest BCUT2D eigenvalue weighted by Crippen LogP contribution is -2.42. The largest absolute Gasteiger partial charge is 0.488 e. The molecule has 2 aliphatic carbocycles. The Bertz CT molecular complexity index is 1110. The number of thioether (sulfide) groups is 1. The van der Waals surface area contributed by atoms with Gasteiger partial charge in [0, 0.05) is 43.6 Å². The highest BCUT2D eigenvalue weighted by Crippen LogP contribution is 2.49. The monoisotopic (exact) mass is 557 g/mol. The number of anilines is 1. The van der Waals surface area contributed by atoms with Gasteiger partial charge < -0.3 is 25.4 Å². The normalized spacial score (nSPS) is 21.2. The maximum atomic E-state index is 12.2. The topological polar surface area (TPSA) is 102 Å². The standard InChI is InChI=1S/C30H47N5O3S/c1-29(2,3)38-28(36)34-19-10-12-20(13-11-19)37-23-15-14-21-22(26(23)35(8)16-17-39-9)18-30(4,5)24(25(21)32-6)27(31)33-7/h14-15,19-20H,6,10-13,16-18H2,1-5,7-9H3,(H2,31,33)(H,34,36). The molecule has 0 heterocycles. The van der Waals surface area contributed by atoms with E-state index in [1.807, 2.05) is 32.5 Å². The van der Waals surface area contributed by atoms with E-state index in [1.54, 1.807) is 7.05 Å². The highest BCUT2D eigenvalue weighted by atomic mass is 32.2. The van der Waals surface area contributed by atoms with Gasteiger partial charge in [-0.1, -0.05) is 13.8 Å². The first-order valence-electron chi connectivity index (χ1n) is 13.8. The fraction of sp³-hybridized carbons (Fsp3) is 0.633. The van der Waals surface area contributed by atoms with Crippen molar-refractivity contribution in [2.75, 3.05) is 37.5 Å². The maximum Gasteiger partial charge on any atom is 0.407 e. The summed E-state index contributed by atoms with van der Waals surface area (Å²) < 4.78 is 12.2. The molecule has 0 saturated heterocycles. The molecule has 1 amide bonds. The molecule has 1 aromatic rings. The molecule has 9 heteroatoms. The lowest BCUT2D eigenvalue weighted by atomic mass is 9.70. The van der Waals surface area contributed by atoms with Gasteiger partial charge in [-0.05, 0) is 89.0 Å². The first kappa shape index (κ1) is 30.9. The number of benzene rings is 1. The molecule has 39 heavy (non-hydrogen) atoms. The number of nitrogens with two attached hydrogens (primary N) is 1. The van der Waals surface area contributed by atoms with Crippen LogP contribution in [-0.4, -0.2) is 69.0 Å². The van der Waals surface area contributed by atoms with Crippen LogP contribution in [0, 0.1) is 5.41 Å². The average Bonchev–Trinajstić information content (AvgIpc) is 2.85. The van der Waals surface area contributed by atoms with Crippen LogP contribution < -0.4 is 20.7 Å². The Kier molecular flexibility index (Phi) is 10.0. The molecule has 1 saturated carbocycles. The smallest absolute Gasteiger partial charge is 0.407 e. The van der Waals surface area contributed by atoms with Crippen molar-refractivity contribution >= 4 is 41.8 Å². The van der Waals surface area contributed by atoms with E-state index in [0.717, 1.165) is 72.7 Å². The van der Waals surface area contributed by atoms with Gasteiger partial charge in [0.2, 0.25) is 0 Å². The Morgan fingerprint density at radius 3 is 2.49 bits per heavy atom. The number of alkyl carbamates (subject to hydrolysis) is 1. The van der Waals surface area contributed by atoms with E-state index in [9.17, 15) is 4.79 Å². The third kappa shape index (κ3) is 7.50. The molecule has 2 aliphatic rings. The molecule has 0 atom stereocenters. The maximum absolute atomic E-state index is 12.2. The summed E-state index contributed by atoms with van der Waals surface area (Å²) in [6, 6.07) is 4.26. The van der Waals surface area contributed by atoms with Crippen molar-refractivity contribution in [1.29, 1.82) is 0 Å². The number of amides is 1. The van der Waals surface area contributed by atoms with Gasteiger partial charge in [-0.25, -0.2) is 4.79 Å². The summed E-state index contributed by atoms with van der Waals surface area (Å²) in [5, 5.41) is 3.02. The van der Waals surface area contributed by atoms with Crippen LogP contribution in [0.25, 0.3) is 5.70 Å². The third-order valence-corrected chi connectivity index (χ3v) is 7.98. The number of hydrogen-bond donors (Lipinski definition) is 2. The van der Waals surface area contributed by atoms with Crippen LogP contribution >= 0.6 is 11.8 Å². The summed E-state index contributed by atoms with van der Waals surface area (Å²) in [5.74, 6) is 2.40. The number of carbonyl (C=O) groups excluding carboxylic acids is 1. The Morgan fingerprint density at radius 2 is 1.92 bits per heavy atom. The van der Waals surface area contributed by atoms with E-state index in [4.69, 9.17) is 15.2 Å². The summed E-state index contributed by atoms with van der Waals surface area (Å²) in [6.45, 7) is 14.8. The summed E-state index contributed by atoms with van der Waals surface area (Å²) in [6.07, 6.45) is 6.08. The van der Waals surface area contributed by atoms with E-state index >= 15 is 0 Å². The zero-order valence-corrected chi connectivity index (χ0v) is 25.8. The minimum absolute atomic E-state index is 0.0787. The fourth-order valence-corrected chi connectivity index (χ4v) is 6.03. The second-order valence-electron chi connectivity index (χ2n) is 12.1. The molecule has 8 nitrogen and oxygen atoms in total. The van der Waals surface area contributed by atoms with E-state index in [1.165, 1.54) is 5.56 Å². The summed E-state index contributed by atoms with van der Waals surface area (Å²) in [4.78, 5) is 23.3. The molecule has 0 aromatic heterocycles. The molecule has 1 fully saturated rings. The van der Waals surface area contributed by atoms with E-state index in [0.29, 0.717) is 5.84 Å². The lowest BCUT2D eigenvalue weighted by Gasteiger charge is -2.38. The Balaban J connectivity index is 1.90. The number of nitrogens with one attached hydrogen (secondary N) is 1. The van der Waals surface area contributed by atoms with Crippen molar-refractivity contribution in [3.05, 3.63) is 28.8 Å². The van der Waals surface area contributed by atoms with Crippen LogP contribution in [0.5, 0.6) is 5.75 Å². The first-order valence-corrected chi connectivity index (χ1v) is 15.2. The molecule has 0 spiro atoms. The van der Waals surface area contributed by atoms with Crippen molar-refractivity contribution in [3.8, 4) is 5.75 Å². The van der Waals surface area contributed by atoms with Gasteiger partial charge in [-0.2, -0.15) is 11.8 Å².